The Labute approximate surface area is 162 Å². The third kappa shape index (κ3) is 3.82. The number of nitrogens with zero attached hydrogens (tertiary/aromatic N) is 3. The molecule has 0 saturated carbocycles. The van der Waals surface area contributed by atoms with E-state index in [0.29, 0.717) is 10.0 Å². The Hall–Kier alpha value is -1.99. The zero-order valence-electron chi connectivity index (χ0n) is 12.6. The van der Waals surface area contributed by atoms with Gasteiger partial charge in [0.1, 0.15) is 10.7 Å². The van der Waals surface area contributed by atoms with Gasteiger partial charge in [0.15, 0.2) is 5.13 Å². The summed E-state index contributed by atoms with van der Waals surface area (Å²) in [5.74, 6) is 0. The first-order valence-corrected chi connectivity index (χ1v) is 9.74. The first-order valence-electron chi connectivity index (χ1n) is 7.22. The highest BCUT2D eigenvalue weighted by atomic mass is 35.5. The predicted octanol–water partition coefficient (Wildman–Crippen LogP) is 6.38. The van der Waals surface area contributed by atoms with E-state index in [-0.39, 0.29) is 0 Å². The Morgan fingerprint density at radius 2 is 1.56 bits per heavy atom. The van der Waals surface area contributed by atoms with E-state index in [0.717, 1.165) is 32.8 Å². The van der Waals surface area contributed by atoms with E-state index in [2.05, 4.69) is 20.3 Å². The highest BCUT2D eigenvalue weighted by molar-refractivity contribution is 7.15. The molecule has 4 rings (SSSR count). The van der Waals surface area contributed by atoms with Crippen LogP contribution in [0.2, 0.25) is 10.0 Å². The molecule has 3 heterocycles. The lowest BCUT2D eigenvalue weighted by molar-refractivity contribution is 1.30. The number of nitrogens with one attached hydrogen (secondary N) is 1. The molecule has 0 spiro atoms. The van der Waals surface area contributed by atoms with Crippen LogP contribution in [0.5, 0.6) is 0 Å². The van der Waals surface area contributed by atoms with Crippen molar-refractivity contribution < 1.29 is 0 Å². The van der Waals surface area contributed by atoms with Gasteiger partial charge >= 0.3 is 0 Å². The third-order valence-electron chi connectivity index (χ3n) is 3.32. The van der Waals surface area contributed by atoms with E-state index < -0.39 is 0 Å². The maximum Gasteiger partial charge on any atom is 0.187 e. The van der Waals surface area contributed by atoms with Crippen LogP contribution < -0.4 is 5.32 Å². The maximum atomic E-state index is 6.02. The summed E-state index contributed by atoms with van der Waals surface area (Å²) in [6.07, 6.45) is 3.52. The summed E-state index contributed by atoms with van der Waals surface area (Å²) in [6, 6.07) is 9.18. The second-order valence-corrected chi connectivity index (χ2v) is 7.68. The number of rotatable bonds is 4. The van der Waals surface area contributed by atoms with Gasteiger partial charge in [0.2, 0.25) is 0 Å². The van der Waals surface area contributed by atoms with E-state index >= 15 is 0 Å². The molecule has 4 aromatic rings. The highest BCUT2D eigenvalue weighted by Crippen LogP contribution is 2.32. The van der Waals surface area contributed by atoms with Gasteiger partial charge in [-0.25, -0.2) is 9.97 Å². The molecule has 0 amide bonds. The van der Waals surface area contributed by atoms with E-state index in [4.69, 9.17) is 23.2 Å². The van der Waals surface area contributed by atoms with Crippen LogP contribution in [0.25, 0.3) is 22.0 Å². The molecule has 0 aliphatic heterocycles. The summed E-state index contributed by atoms with van der Waals surface area (Å²) in [4.78, 5) is 13.3. The van der Waals surface area contributed by atoms with Crippen molar-refractivity contribution in [2.24, 2.45) is 0 Å². The van der Waals surface area contributed by atoms with Gasteiger partial charge in [-0.2, -0.15) is 0 Å². The number of hydrogen-bond acceptors (Lipinski definition) is 6. The lowest BCUT2D eigenvalue weighted by atomic mass is 10.2. The number of anilines is 2. The number of aromatic nitrogens is 3. The molecule has 0 bridgehead atoms. The van der Waals surface area contributed by atoms with Crippen LogP contribution in [0.3, 0.4) is 0 Å². The van der Waals surface area contributed by atoms with Crippen molar-refractivity contribution in [3.8, 4) is 22.0 Å². The van der Waals surface area contributed by atoms with Crippen LogP contribution in [0.4, 0.5) is 10.8 Å². The molecule has 0 radical (unpaired) electrons. The van der Waals surface area contributed by atoms with Gasteiger partial charge < -0.3 is 5.32 Å². The first-order chi connectivity index (χ1) is 12.2. The van der Waals surface area contributed by atoms with Crippen LogP contribution in [0.1, 0.15) is 0 Å². The van der Waals surface area contributed by atoms with Crippen LogP contribution in [-0.2, 0) is 0 Å². The summed E-state index contributed by atoms with van der Waals surface area (Å²) in [6.45, 7) is 0. The minimum atomic E-state index is 0.577. The van der Waals surface area contributed by atoms with Crippen LogP contribution in [-0.4, -0.2) is 15.0 Å². The average Bonchev–Trinajstić information content (AvgIpc) is 3.24. The summed E-state index contributed by atoms with van der Waals surface area (Å²) < 4.78 is 0. The Kier molecular flexibility index (Phi) is 4.67. The third-order valence-corrected chi connectivity index (χ3v) is 5.38. The highest BCUT2D eigenvalue weighted by Gasteiger charge is 2.11. The summed E-state index contributed by atoms with van der Waals surface area (Å²) in [5, 5.41) is 10.0. The van der Waals surface area contributed by atoms with Crippen molar-refractivity contribution in [3.63, 3.8) is 0 Å². The Bertz CT molecular complexity index is 994. The fraction of sp³-hybridized carbons (Fsp3) is 0. The van der Waals surface area contributed by atoms with Crippen molar-refractivity contribution in [2.45, 2.75) is 0 Å². The molecule has 0 unspecified atom stereocenters. The van der Waals surface area contributed by atoms with Crippen LogP contribution >= 0.6 is 45.9 Å². The molecule has 0 aliphatic carbocycles. The van der Waals surface area contributed by atoms with Gasteiger partial charge in [-0.1, -0.05) is 23.2 Å². The quantitative estimate of drug-likeness (QED) is 0.428. The second-order valence-electron chi connectivity index (χ2n) is 5.09. The lowest BCUT2D eigenvalue weighted by Crippen LogP contribution is -1.89. The number of thiazole rings is 2. The lowest BCUT2D eigenvalue weighted by Gasteiger charge is -2.03. The topological polar surface area (TPSA) is 50.7 Å². The van der Waals surface area contributed by atoms with Gasteiger partial charge in [-0.3, -0.25) is 4.98 Å². The molecular weight excluding hydrogens is 395 g/mol. The molecular formula is C17H10Cl2N4S2. The monoisotopic (exact) mass is 404 g/mol. The largest absolute Gasteiger partial charge is 0.331 e. The molecule has 8 heteroatoms. The SMILES string of the molecule is Clc1cc(Cl)cc(Nc2nc(-c3nc(-c4ccncc4)cs3)cs2)c1. The van der Waals surface area contributed by atoms with E-state index in [1.165, 1.54) is 11.3 Å². The minimum Gasteiger partial charge on any atom is -0.331 e. The van der Waals surface area contributed by atoms with Gasteiger partial charge in [-0.15, -0.1) is 22.7 Å². The Morgan fingerprint density at radius 3 is 2.32 bits per heavy atom. The molecule has 0 atom stereocenters. The van der Waals surface area contributed by atoms with Crippen molar-refractivity contribution in [1.82, 2.24) is 15.0 Å². The van der Waals surface area contributed by atoms with E-state index in [1.54, 1.807) is 41.9 Å². The smallest absolute Gasteiger partial charge is 0.187 e. The van der Waals surface area contributed by atoms with Crippen molar-refractivity contribution in [2.75, 3.05) is 5.32 Å². The van der Waals surface area contributed by atoms with Crippen molar-refractivity contribution >= 4 is 56.7 Å². The molecule has 0 saturated heterocycles. The minimum absolute atomic E-state index is 0.577. The number of pyridine rings is 1. The number of hydrogen-bond donors (Lipinski definition) is 1. The van der Waals surface area contributed by atoms with E-state index in [1.807, 2.05) is 22.9 Å². The fourth-order valence-corrected chi connectivity index (χ4v) is 4.33. The predicted molar refractivity (Wildman–Crippen MR) is 106 cm³/mol. The summed E-state index contributed by atoms with van der Waals surface area (Å²) in [5.41, 5.74) is 3.60. The molecule has 3 aromatic heterocycles. The molecule has 124 valence electrons. The van der Waals surface area contributed by atoms with Gasteiger partial charge in [0.25, 0.3) is 0 Å². The molecule has 4 nitrogen and oxygen atoms in total. The van der Waals surface area contributed by atoms with Gasteiger partial charge in [0.05, 0.1) is 5.69 Å². The van der Waals surface area contributed by atoms with Gasteiger partial charge in [-0.05, 0) is 30.3 Å². The van der Waals surface area contributed by atoms with E-state index in [9.17, 15) is 0 Å². The van der Waals surface area contributed by atoms with Crippen molar-refractivity contribution in [3.05, 3.63) is 63.5 Å². The summed E-state index contributed by atoms with van der Waals surface area (Å²) >= 11 is 15.1. The maximum absolute atomic E-state index is 6.02. The number of benzene rings is 1. The molecule has 1 N–H and O–H groups in total. The molecule has 0 fully saturated rings. The molecule has 0 aliphatic rings. The molecule has 1 aromatic carbocycles. The summed E-state index contributed by atoms with van der Waals surface area (Å²) in [7, 11) is 0. The standard InChI is InChI=1S/C17H10Cl2N4S2/c18-11-5-12(19)7-13(6-11)21-17-23-15(9-25-17)16-22-14(8-24-16)10-1-3-20-4-2-10/h1-9H,(H,21,23). The van der Waals surface area contributed by atoms with Crippen LogP contribution in [0.15, 0.2) is 53.5 Å². The average molecular weight is 405 g/mol. The van der Waals surface area contributed by atoms with Gasteiger partial charge in [0, 0.05) is 44.4 Å². The molecule has 25 heavy (non-hydrogen) atoms. The number of halogens is 2. The Morgan fingerprint density at radius 1 is 0.840 bits per heavy atom. The van der Waals surface area contributed by atoms with Crippen molar-refractivity contribution in [1.29, 1.82) is 0 Å². The van der Waals surface area contributed by atoms with Crippen LogP contribution in [0, 0.1) is 0 Å². The first kappa shape index (κ1) is 16.5. The zero-order chi connectivity index (χ0) is 17.2. The second kappa shape index (κ2) is 7.09. The Balaban J connectivity index is 1.56. The fourth-order valence-electron chi connectivity index (χ4n) is 2.23. The normalized spacial score (nSPS) is 10.8. The zero-order valence-corrected chi connectivity index (χ0v) is 15.8.